The number of aryl methyl sites for hydroxylation is 1. The first kappa shape index (κ1) is 25.0. The summed E-state index contributed by atoms with van der Waals surface area (Å²) in [4.78, 5) is 8.63. The van der Waals surface area contributed by atoms with Crippen molar-refractivity contribution < 1.29 is 22.6 Å². The van der Waals surface area contributed by atoms with Crippen LogP contribution in [0.1, 0.15) is 44.3 Å². The highest BCUT2D eigenvalue weighted by Crippen LogP contribution is 2.36. The maximum absolute atomic E-state index is 13.6. The second-order valence-corrected chi connectivity index (χ2v) is 10.7. The Labute approximate surface area is 204 Å². The molecule has 11 nitrogen and oxygen atoms in total. The molecule has 2 aromatic heterocycles. The number of benzene rings is 1. The Balaban J connectivity index is 1.70. The van der Waals surface area contributed by atoms with Gasteiger partial charge in [-0.05, 0) is 45.4 Å². The lowest BCUT2D eigenvalue weighted by atomic mass is 10.2. The predicted octanol–water partition coefficient (Wildman–Crippen LogP) is 2.92. The minimum absolute atomic E-state index is 0.0716. The number of ether oxygens (including phenoxy) is 3. The van der Waals surface area contributed by atoms with Crippen molar-refractivity contribution in [1.82, 2.24) is 24.7 Å². The van der Waals surface area contributed by atoms with Crippen molar-refractivity contribution in [2.75, 3.05) is 25.0 Å². The fraction of sp³-hybridized carbons (Fsp3) is 0.478. The van der Waals surface area contributed by atoms with Crippen molar-refractivity contribution in [1.29, 1.82) is 0 Å². The van der Waals surface area contributed by atoms with Gasteiger partial charge in [-0.3, -0.25) is 9.29 Å². The molecule has 0 radical (unpaired) electrons. The smallest absolute Gasteiger partial charge is 0.240 e. The Kier molecular flexibility index (Phi) is 7.33. The van der Waals surface area contributed by atoms with Crippen LogP contribution >= 0.6 is 0 Å². The van der Waals surface area contributed by atoms with E-state index in [1.807, 2.05) is 45.0 Å². The van der Waals surface area contributed by atoms with Crippen LogP contribution in [-0.4, -0.2) is 64.8 Å². The summed E-state index contributed by atoms with van der Waals surface area (Å²) in [5.41, 5.74) is 1.58. The van der Waals surface area contributed by atoms with Crippen molar-refractivity contribution in [3.8, 4) is 17.1 Å². The Morgan fingerprint density at radius 2 is 1.89 bits per heavy atom. The molecular formula is C23H30N6O5S. The molecule has 1 aromatic carbocycles. The quantitative estimate of drug-likeness (QED) is 0.469. The SMILES string of the molecule is COC[C@H]1COc2ccccc2-c2nnc(NS(=O)(=O)C(C)C(OC(C)C)c3ncc(C)cn3)n21. The van der Waals surface area contributed by atoms with E-state index in [1.165, 1.54) is 0 Å². The van der Waals surface area contributed by atoms with Gasteiger partial charge in [-0.2, -0.15) is 0 Å². The first-order valence-corrected chi connectivity index (χ1v) is 12.9. The van der Waals surface area contributed by atoms with Crippen LogP contribution in [0.2, 0.25) is 0 Å². The summed E-state index contributed by atoms with van der Waals surface area (Å²) in [7, 11) is -2.43. The van der Waals surface area contributed by atoms with E-state index in [0.717, 1.165) is 5.56 Å². The lowest BCUT2D eigenvalue weighted by Crippen LogP contribution is -2.35. The molecule has 188 valence electrons. The molecule has 4 rings (SSSR count). The summed E-state index contributed by atoms with van der Waals surface area (Å²) in [5.74, 6) is 1.50. The monoisotopic (exact) mass is 502 g/mol. The van der Waals surface area contributed by atoms with E-state index in [0.29, 0.717) is 23.0 Å². The van der Waals surface area contributed by atoms with Gasteiger partial charge >= 0.3 is 0 Å². The van der Waals surface area contributed by atoms with Gasteiger partial charge in [0.15, 0.2) is 11.6 Å². The molecule has 1 aliphatic rings. The molecule has 12 heteroatoms. The second kappa shape index (κ2) is 10.3. The van der Waals surface area contributed by atoms with E-state index in [4.69, 9.17) is 14.2 Å². The molecule has 1 N–H and O–H groups in total. The Morgan fingerprint density at radius 3 is 2.57 bits per heavy atom. The zero-order chi connectivity index (χ0) is 25.2. The molecule has 0 saturated heterocycles. The summed E-state index contributed by atoms with van der Waals surface area (Å²) >= 11 is 0. The van der Waals surface area contributed by atoms with Crippen LogP contribution < -0.4 is 9.46 Å². The maximum atomic E-state index is 13.6. The third-order valence-electron chi connectivity index (χ3n) is 5.60. The standard InChI is InChI=1S/C23H30N6O5S/c1-14(2)34-20(21-24-10-15(3)11-25-21)16(4)35(30,31)28-23-27-26-22-18-8-6-7-9-19(18)33-13-17(12-32-5)29(22)23/h6-11,14,16-17,20H,12-13H2,1-5H3,(H,27,28)/t16?,17-,20?/m0/s1. The molecule has 0 amide bonds. The molecule has 3 aromatic rings. The van der Waals surface area contributed by atoms with Crippen molar-refractivity contribution in [3.63, 3.8) is 0 Å². The number of anilines is 1. The van der Waals surface area contributed by atoms with E-state index < -0.39 is 21.4 Å². The largest absolute Gasteiger partial charge is 0.491 e. The first-order valence-electron chi connectivity index (χ1n) is 11.3. The van der Waals surface area contributed by atoms with E-state index in [2.05, 4.69) is 24.9 Å². The fourth-order valence-electron chi connectivity index (χ4n) is 3.85. The van der Waals surface area contributed by atoms with Crippen LogP contribution in [0.15, 0.2) is 36.7 Å². The number of hydrogen-bond acceptors (Lipinski definition) is 9. The number of nitrogens with zero attached hydrogens (tertiary/aromatic N) is 5. The first-order chi connectivity index (χ1) is 16.7. The molecule has 2 unspecified atom stereocenters. The van der Waals surface area contributed by atoms with Gasteiger partial charge in [0.25, 0.3) is 0 Å². The summed E-state index contributed by atoms with van der Waals surface area (Å²) < 4.78 is 48.7. The van der Waals surface area contributed by atoms with Crippen LogP contribution in [0.5, 0.6) is 5.75 Å². The third-order valence-corrected chi connectivity index (χ3v) is 7.30. The van der Waals surface area contributed by atoms with Crippen LogP contribution in [0, 0.1) is 6.92 Å². The average Bonchev–Trinajstić information content (AvgIpc) is 3.15. The number of fused-ring (bicyclic) bond motifs is 3. The molecule has 3 atom stereocenters. The highest BCUT2D eigenvalue weighted by Gasteiger charge is 2.36. The van der Waals surface area contributed by atoms with Crippen LogP contribution in [0.3, 0.4) is 0 Å². The van der Waals surface area contributed by atoms with Gasteiger partial charge < -0.3 is 14.2 Å². The average molecular weight is 503 g/mol. The van der Waals surface area contributed by atoms with Crippen molar-refractivity contribution >= 4 is 16.0 Å². The fourth-order valence-corrected chi connectivity index (χ4v) is 4.94. The normalized spacial score (nSPS) is 17.1. The summed E-state index contributed by atoms with van der Waals surface area (Å²) in [6.45, 7) is 7.62. The van der Waals surface area contributed by atoms with E-state index in [9.17, 15) is 8.42 Å². The van der Waals surface area contributed by atoms with E-state index in [-0.39, 0.29) is 31.3 Å². The van der Waals surface area contributed by atoms with Gasteiger partial charge in [0.05, 0.1) is 24.3 Å². The van der Waals surface area contributed by atoms with Crippen molar-refractivity contribution in [2.45, 2.75) is 51.2 Å². The topological polar surface area (TPSA) is 130 Å². The number of methoxy groups -OCH3 is 1. The van der Waals surface area contributed by atoms with E-state index in [1.54, 1.807) is 31.0 Å². The number of aromatic nitrogens is 5. The Hall–Kier alpha value is -3.09. The van der Waals surface area contributed by atoms with Crippen LogP contribution in [0.4, 0.5) is 5.95 Å². The molecule has 3 heterocycles. The van der Waals surface area contributed by atoms with E-state index >= 15 is 0 Å². The molecule has 0 bridgehead atoms. The number of rotatable bonds is 9. The molecule has 0 aliphatic carbocycles. The minimum atomic E-state index is -4.01. The van der Waals surface area contributed by atoms with Crippen molar-refractivity contribution in [2.24, 2.45) is 0 Å². The van der Waals surface area contributed by atoms with Crippen LogP contribution in [-0.2, 0) is 19.5 Å². The zero-order valence-electron chi connectivity index (χ0n) is 20.4. The number of nitrogens with one attached hydrogen (secondary N) is 1. The number of para-hydroxylation sites is 1. The second-order valence-electron chi connectivity index (χ2n) is 8.71. The van der Waals surface area contributed by atoms with Gasteiger partial charge in [-0.25, -0.2) is 18.4 Å². The van der Waals surface area contributed by atoms with Gasteiger partial charge in [-0.15, -0.1) is 10.2 Å². The highest BCUT2D eigenvalue weighted by molar-refractivity contribution is 7.93. The summed E-state index contributed by atoms with van der Waals surface area (Å²) in [6.07, 6.45) is 2.14. The molecule has 35 heavy (non-hydrogen) atoms. The van der Waals surface area contributed by atoms with Crippen LogP contribution in [0.25, 0.3) is 11.4 Å². The molecule has 1 aliphatic heterocycles. The summed E-state index contributed by atoms with van der Waals surface area (Å²) in [5, 5.41) is 7.44. The Morgan fingerprint density at radius 1 is 1.17 bits per heavy atom. The summed E-state index contributed by atoms with van der Waals surface area (Å²) in [6, 6.07) is 7.06. The molecular weight excluding hydrogens is 472 g/mol. The van der Waals surface area contributed by atoms with Gasteiger partial charge in [-0.1, -0.05) is 12.1 Å². The lowest BCUT2D eigenvalue weighted by molar-refractivity contribution is 0.00152. The highest BCUT2D eigenvalue weighted by atomic mass is 32.2. The minimum Gasteiger partial charge on any atom is -0.491 e. The predicted molar refractivity (Wildman–Crippen MR) is 130 cm³/mol. The molecule has 0 saturated carbocycles. The van der Waals surface area contributed by atoms with Crippen molar-refractivity contribution in [3.05, 3.63) is 48.0 Å². The number of sulfonamides is 1. The van der Waals surface area contributed by atoms with Gasteiger partial charge in [0.1, 0.15) is 23.7 Å². The molecule has 0 fully saturated rings. The Bertz CT molecular complexity index is 1260. The molecule has 0 spiro atoms. The third kappa shape index (κ3) is 5.29. The van der Waals surface area contributed by atoms with Gasteiger partial charge in [0.2, 0.25) is 16.0 Å². The lowest BCUT2D eigenvalue weighted by Gasteiger charge is -2.26. The maximum Gasteiger partial charge on any atom is 0.240 e. The zero-order valence-corrected chi connectivity index (χ0v) is 21.2. The van der Waals surface area contributed by atoms with Gasteiger partial charge in [0, 0.05) is 19.5 Å². The number of hydrogen-bond donors (Lipinski definition) is 1.